The molecule has 4 N–H and O–H groups in total. The first-order valence-corrected chi connectivity index (χ1v) is 6.33. The van der Waals surface area contributed by atoms with Crippen molar-refractivity contribution >= 4 is 11.7 Å². The molecule has 0 bridgehead atoms. The molecule has 0 saturated heterocycles. The Morgan fingerprint density at radius 1 is 1.24 bits per heavy atom. The average molecular weight is 286 g/mol. The number of nitrogens with two attached hydrogens (primary N) is 1. The highest BCUT2D eigenvalue weighted by Crippen LogP contribution is 2.22. The molecule has 2 aromatic rings. The van der Waals surface area contributed by atoms with Gasteiger partial charge < -0.3 is 15.8 Å². The minimum atomic E-state index is -0.919. The van der Waals surface area contributed by atoms with E-state index in [9.17, 15) is 19.5 Å². The number of hydrogen-bond donors (Lipinski definition) is 3. The molecule has 0 radical (unpaired) electrons. The summed E-state index contributed by atoms with van der Waals surface area (Å²) in [5.41, 5.74) is 5.19. The van der Waals surface area contributed by atoms with Crippen molar-refractivity contribution in [2.24, 2.45) is 5.73 Å². The van der Waals surface area contributed by atoms with Crippen LogP contribution in [0, 0.1) is 0 Å². The van der Waals surface area contributed by atoms with Gasteiger partial charge in [0, 0.05) is 11.8 Å². The third kappa shape index (κ3) is 2.84. The number of carbonyl (C=O) groups is 2. The number of amides is 1. The number of hydrogen-bond acceptors (Lipinski definition) is 4. The lowest BCUT2D eigenvalue weighted by Crippen LogP contribution is -2.24. The first kappa shape index (κ1) is 14.5. The number of benzene rings is 1. The normalized spacial score (nSPS) is 10.3. The van der Waals surface area contributed by atoms with Crippen LogP contribution in [0.3, 0.4) is 0 Å². The number of phenolic OH excluding ortho intramolecular Hbond substituents is 1. The summed E-state index contributed by atoms with van der Waals surface area (Å²) in [7, 11) is 0. The fourth-order valence-electron chi connectivity index (χ4n) is 1.94. The molecule has 0 aliphatic heterocycles. The predicted molar refractivity (Wildman–Crippen MR) is 76.5 cm³/mol. The van der Waals surface area contributed by atoms with E-state index >= 15 is 0 Å². The van der Waals surface area contributed by atoms with E-state index in [-0.39, 0.29) is 22.4 Å². The van der Waals surface area contributed by atoms with E-state index in [1.807, 2.05) is 6.92 Å². The van der Waals surface area contributed by atoms with Gasteiger partial charge in [0.25, 0.3) is 11.5 Å². The van der Waals surface area contributed by atoms with Crippen LogP contribution in [0.5, 0.6) is 5.75 Å². The average Bonchev–Trinajstić information content (AvgIpc) is 2.47. The number of carbonyl (C=O) groups excluding carboxylic acids is 2. The topological polar surface area (TPSA) is 113 Å². The molecule has 0 atom stereocenters. The van der Waals surface area contributed by atoms with Crippen molar-refractivity contribution in [2.45, 2.75) is 13.3 Å². The Morgan fingerprint density at radius 2 is 1.95 bits per heavy atom. The van der Waals surface area contributed by atoms with Crippen molar-refractivity contribution in [3.63, 3.8) is 0 Å². The number of aromatic hydroxyl groups is 1. The summed E-state index contributed by atoms with van der Waals surface area (Å²) < 4.78 is 0. The Hall–Kier alpha value is -2.89. The van der Waals surface area contributed by atoms with Gasteiger partial charge in [-0.15, -0.1) is 0 Å². The fourth-order valence-corrected chi connectivity index (χ4v) is 1.94. The molecule has 108 valence electrons. The molecule has 0 unspecified atom stereocenters. The van der Waals surface area contributed by atoms with Crippen molar-refractivity contribution in [3.8, 4) is 5.75 Å². The molecule has 1 heterocycles. The Labute approximate surface area is 120 Å². The first-order valence-electron chi connectivity index (χ1n) is 6.33. The van der Waals surface area contributed by atoms with Gasteiger partial charge in [-0.3, -0.25) is 14.4 Å². The number of aromatic amines is 1. The molecule has 0 fully saturated rings. The molecule has 2 rings (SSSR count). The SMILES string of the molecule is CCc1ccc(O)c(C(=O)c2c[nH]c(=O)c(C(N)=O)c2)c1. The van der Waals surface area contributed by atoms with E-state index < -0.39 is 17.2 Å². The lowest BCUT2D eigenvalue weighted by atomic mass is 9.99. The number of H-pyrrole nitrogens is 1. The minimum Gasteiger partial charge on any atom is -0.507 e. The van der Waals surface area contributed by atoms with Crippen molar-refractivity contribution < 1.29 is 14.7 Å². The number of ketones is 1. The van der Waals surface area contributed by atoms with E-state index in [1.165, 1.54) is 12.3 Å². The maximum absolute atomic E-state index is 12.4. The number of phenols is 1. The summed E-state index contributed by atoms with van der Waals surface area (Å²) in [6.45, 7) is 1.92. The highest BCUT2D eigenvalue weighted by atomic mass is 16.3. The maximum Gasteiger partial charge on any atom is 0.260 e. The monoisotopic (exact) mass is 286 g/mol. The Balaban J connectivity index is 2.52. The van der Waals surface area contributed by atoms with Crippen LogP contribution in [0.4, 0.5) is 0 Å². The second-order valence-electron chi connectivity index (χ2n) is 4.53. The molecule has 0 spiro atoms. The molecule has 1 aromatic heterocycles. The van der Waals surface area contributed by atoms with Gasteiger partial charge in [-0.1, -0.05) is 13.0 Å². The summed E-state index contributed by atoms with van der Waals surface area (Å²) in [4.78, 5) is 37.2. The second kappa shape index (κ2) is 5.62. The molecule has 0 aliphatic carbocycles. The maximum atomic E-state index is 12.4. The molecular formula is C15H14N2O4. The Kier molecular flexibility index (Phi) is 3.89. The number of primary amides is 1. The summed E-state index contributed by atoms with van der Waals surface area (Å²) in [6, 6.07) is 5.86. The van der Waals surface area contributed by atoms with Gasteiger partial charge >= 0.3 is 0 Å². The largest absolute Gasteiger partial charge is 0.507 e. The lowest BCUT2D eigenvalue weighted by Gasteiger charge is -2.07. The van der Waals surface area contributed by atoms with Crippen LogP contribution in [0.15, 0.2) is 35.3 Å². The van der Waals surface area contributed by atoms with Crippen LogP contribution in [-0.2, 0) is 6.42 Å². The van der Waals surface area contributed by atoms with E-state index in [0.29, 0.717) is 6.42 Å². The number of nitrogens with one attached hydrogen (secondary N) is 1. The van der Waals surface area contributed by atoms with Crippen molar-refractivity contribution in [3.05, 3.63) is 63.1 Å². The molecule has 0 saturated carbocycles. The molecule has 1 amide bonds. The third-order valence-electron chi connectivity index (χ3n) is 3.14. The minimum absolute atomic E-state index is 0.0759. The van der Waals surface area contributed by atoms with Gasteiger partial charge in [0.05, 0.1) is 5.56 Å². The van der Waals surface area contributed by atoms with Crippen LogP contribution in [0.25, 0.3) is 0 Å². The zero-order valence-corrected chi connectivity index (χ0v) is 11.3. The number of aryl methyl sites for hydroxylation is 1. The van der Waals surface area contributed by atoms with Gasteiger partial charge in [0.1, 0.15) is 11.3 Å². The summed E-state index contributed by atoms with van der Waals surface area (Å²) in [6.07, 6.45) is 1.90. The zero-order chi connectivity index (χ0) is 15.6. The standard InChI is InChI=1S/C15H14N2O4/c1-2-8-3-4-12(18)10(5-8)13(19)9-6-11(14(16)20)15(21)17-7-9/h3-7,18H,2H2,1H3,(H2,16,20)(H,17,21). The van der Waals surface area contributed by atoms with Crippen molar-refractivity contribution in [1.82, 2.24) is 4.98 Å². The zero-order valence-electron chi connectivity index (χ0n) is 11.3. The summed E-state index contributed by atoms with van der Waals surface area (Å²) >= 11 is 0. The van der Waals surface area contributed by atoms with Gasteiger partial charge in [-0.05, 0) is 30.2 Å². The molecular weight excluding hydrogens is 272 g/mol. The smallest absolute Gasteiger partial charge is 0.260 e. The van der Waals surface area contributed by atoms with Crippen LogP contribution < -0.4 is 11.3 Å². The predicted octanol–water partition coefficient (Wildman–Crippen LogP) is 0.973. The third-order valence-corrected chi connectivity index (χ3v) is 3.14. The molecule has 6 nitrogen and oxygen atoms in total. The molecule has 6 heteroatoms. The second-order valence-corrected chi connectivity index (χ2v) is 4.53. The van der Waals surface area contributed by atoms with Gasteiger partial charge in [-0.25, -0.2) is 0 Å². The highest BCUT2D eigenvalue weighted by Gasteiger charge is 2.17. The summed E-state index contributed by atoms with van der Waals surface area (Å²) in [5, 5.41) is 9.81. The summed E-state index contributed by atoms with van der Waals surface area (Å²) in [5.74, 6) is -1.58. The van der Waals surface area contributed by atoms with Crippen LogP contribution >= 0.6 is 0 Å². The quantitative estimate of drug-likeness (QED) is 0.727. The molecule has 0 aliphatic rings. The first-order chi connectivity index (χ1) is 9.93. The van der Waals surface area contributed by atoms with E-state index in [2.05, 4.69) is 4.98 Å². The van der Waals surface area contributed by atoms with Crippen LogP contribution in [-0.4, -0.2) is 21.8 Å². The van der Waals surface area contributed by atoms with Crippen LogP contribution in [0.2, 0.25) is 0 Å². The van der Waals surface area contributed by atoms with Gasteiger partial charge in [0.2, 0.25) is 0 Å². The van der Waals surface area contributed by atoms with E-state index in [4.69, 9.17) is 5.73 Å². The highest BCUT2D eigenvalue weighted by molar-refractivity contribution is 6.11. The Morgan fingerprint density at radius 3 is 2.57 bits per heavy atom. The Bertz CT molecular complexity index is 777. The van der Waals surface area contributed by atoms with Crippen molar-refractivity contribution in [2.75, 3.05) is 0 Å². The van der Waals surface area contributed by atoms with E-state index in [0.717, 1.165) is 11.6 Å². The van der Waals surface area contributed by atoms with Crippen LogP contribution in [0.1, 0.15) is 38.8 Å². The lowest BCUT2D eigenvalue weighted by molar-refractivity contribution is 0.0999. The van der Waals surface area contributed by atoms with Crippen molar-refractivity contribution in [1.29, 1.82) is 0 Å². The fraction of sp³-hybridized carbons (Fsp3) is 0.133. The van der Waals surface area contributed by atoms with Gasteiger partial charge in [-0.2, -0.15) is 0 Å². The number of pyridine rings is 1. The number of aromatic nitrogens is 1. The van der Waals surface area contributed by atoms with E-state index in [1.54, 1.807) is 12.1 Å². The molecule has 1 aromatic carbocycles. The molecule has 21 heavy (non-hydrogen) atoms. The van der Waals surface area contributed by atoms with Gasteiger partial charge in [0.15, 0.2) is 5.78 Å². The number of rotatable bonds is 4.